The fourth-order valence-corrected chi connectivity index (χ4v) is 3.32. The molecule has 0 bridgehead atoms. The van der Waals surface area contributed by atoms with Crippen LogP contribution >= 0.6 is 0 Å². The standard InChI is InChI=1S/C23H32N4O3/c1-23(2,3)30-17-19-8-5-7-18(15-19)16-25-22(24-4)27-12-10-26(11-13-27)21(28)20-9-6-14-29-20/h5-9,14-15H,10-13,16-17H2,1-4H3,(H,24,25). The van der Waals surface area contributed by atoms with Crippen LogP contribution in [-0.2, 0) is 17.9 Å². The molecule has 0 aliphatic carbocycles. The quantitative estimate of drug-likeness (QED) is 0.604. The Morgan fingerprint density at radius 1 is 1.10 bits per heavy atom. The van der Waals surface area contributed by atoms with Crippen molar-refractivity contribution in [2.45, 2.75) is 39.5 Å². The third-order valence-electron chi connectivity index (χ3n) is 4.92. The summed E-state index contributed by atoms with van der Waals surface area (Å²) in [6.45, 7) is 10.2. The molecule has 1 aliphatic heterocycles. The molecule has 1 aromatic carbocycles. The number of aliphatic imine (C=N–C) groups is 1. The highest BCUT2D eigenvalue weighted by molar-refractivity contribution is 5.91. The summed E-state index contributed by atoms with van der Waals surface area (Å²) in [4.78, 5) is 20.8. The van der Waals surface area contributed by atoms with Gasteiger partial charge < -0.3 is 24.3 Å². The molecule has 3 rings (SSSR count). The Balaban J connectivity index is 1.50. The molecule has 0 spiro atoms. The van der Waals surface area contributed by atoms with Crippen molar-refractivity contribution in [2.24, 2.45) is 4.99 Å². The minimum absolute atomic E-state index is 0.0584. The Bertz CT molecular complexity index is 848. The largest absolute Gasteiger partial charge is 0.459 e. The summed E-state index contributed by atoms with van der Waals surface area (Å²) in [5.41, 5.74) is 2.18. The molecule has 30 heavy (non-hydrogen) atoms. The second-order valence-electron chi connectivity index (χ2n) is 8.38. The maximum absolute atomic E-state index is 12.4. The number of guanidine groups is 1. The van der Waals surface area contributed by atoms with Gasteiger partial charge >= 0.3 is 0 Å². The minimum atomic E-state index is -0.156. The first kappa shape index (κ1) is 21.9. The van der Waals surface area contributed by atoms with Crippen LogP contribution in [0.2, 0.25) is 0 Å². The number of nitrogens with zero attached hydrogens (tertiary/aromatic N) is 3. The highest BCUT2D eigenvalue weighted by Crippen LogP contribution is 2.14. The zero-order chi connectivity index (χ0) is 21.6. The van der Waals surface area contributed by atoms with Crippen LogP contribution in [-0.4, -0.2) is 60.5 Å². The van der Waals surface area contributed by atoms with E-state index in [1.54, 1.807) is 19.2 Å². The van der Waals surface area contributed by atoms with Gasteiger partial charge in [0.15, 0.2) is 11.7 Å². The SMILES string of the molecule is CN=C(NCc1cccc(COC(C)(C)C)c1)N1CCN(C(=O)c2ccco2)CC1. The van der Waals surface area contributed by atoms with Gasteiger partial charge in [0.1, 0.15) is 0 Å². The van der Waals surface area contributed by atoms with E-state index >= 15 is 0 Å². The van der Waals surface area contributed by atoms with Gasteiger partial charge in [0, 0.05) is 39.8 Å². The normalized spacial score (nSPS) is 15.4. The van der Waals surface area contributed by atoms with E-state index in [-0.39, 0.29) is 11.5 Å². The van der Waals surface area contributed by atoms with Crippen molar-refractivity contribution in [3.05, 3.63) is 59.5 Å². The van der Waals surface area contributed by atoms with E-state index in [0.29, 0.717) is 32.0 Å². The number of benzene rings is 1. The maximum atomic E-state index is 12.4. The molecular weight excluding hydrogens is 380 g/mol. The van der Waals surface area contributed by atoms with Crippen LogP contribution in [0.4, 0.5) is 0 Å². The Kier molecular flexibility index (Phi) is 7.15. The van der Waals surface area contributed by atoms with E-state index < -0.39 is 0 Å². The number of hydrogen-bond donors (Lipinski definition) is 1. The number of furan rings is 1. The summed E-state index contributed by atoms with van der Waals surface area (Å²) < 4.78 is 11.1. The second-order valence-corrected chi connectivity index (χ2v) is 8.38. The number of ether oxygens (including phenoxy) is 1. The van der Waals surface area contributed by atoms with E-state index in [9.17, 15) is 4.79 Å². The van der Waals surface area contributed by atoms with Gasteiger partial charge in [-0.15, -0.1) is 0 Å². The summed E-state index contributed by atoms with van der Waals surface area (Å²) in [7, 11) is 1.79. The summed E-state index contributed by atoms with van der Waals surface area (Å²) in [6.07, 6.45) is 1.53. The Labute approximate surface area is 178 Å². The molecule has 0 atom stereocenters. The van der Waals surface area contributed by atoms with E-state index in [2.05, 4.69) is 60.2 Å². The molecule has 1 N–H and O–H groups in total. The van der Waals surface area contributed by atoms with Gasteiger partial charge in [-0.25, -0.2) is 0 Å². The Morgan fingerprint density at radius 2 is 1.80 bits per heavy atom. The Morgan fingerprint density at radius 3 is 2.43 bits per heavy atom. The zero-order valence-corrected chi connectivity index (χ0v) is 18.4. The Hall–Kier alpha value is -2.80. The van der Waals surface area contributed by atoms with Crippen LogP contribution in [0.5, 0.6) is 0 Å². The molecule has 2 aromatic rings. The maximum Gasteiger partial charge on any atom is 0.289 e. The topological polar surface area (TPSA) is 70.3 Å². The van der Waals surface area contributed by atoms with Crippen LogP contribution in [0.1, 0.15) is 42.5 Å². The summed E-state index contributed by atoms with van der Waals surface area (Å²) >= 11 is 0. The van der Waals surface area contributed by atoms with Crippen LogP contribution < -0.4 is 5.32 Å². The van der Waals surface area contributed by atoms with Gasteiger partial charge in [-0.2, -0.15) is 0 Å². The molecule has 0 saturated carbocycles. The first-order valence-corrected chi connectivity index (χ1v) is 10.4. The fraction of sp³-hybridized carbons (Fsp3) is 0.478. The van der Waals surface area contributed by atoms with Crippen LogP contribution in [0, 0.1) is 0 Å². The van der Waals surface area contributed by atoms with Crippen molar-refractivity contribution in [3.8, 4) is 0 Å². The highest BCUT2D eigenvalue weighted by atomic mass is 16.5. The van der Waals surface area contributed by atoms with E-state index in [0.717, 1.165) is 24.6 Å². The molecule has 7 heteroatoms. The smallest absolute Gasteiger partial charge is 0.289 e. The lowest BCUT2D eigenvalue weighted by Gasteiger charge is -2.36. The number of hydrogen-bond acceptors (Lipinski definition) is 4. The van der Waals surface area contributed by atoms with Gasteiger partial charge in [0.2, 0.25) is 0 Å². The monoisotopic (exact) mass is 412 g/mol. The number of piperazine rings is 1. The lowest BCUT2D eigenvalue weighted by Crippen LogP contribution is -2.53. The van der Waals surface area contributed by atoms with Gasteiger partial charge in [-0.3, -0.25) is 9.79 Å². The number of carbonyl (C=O) groups excluding carboxylic acids is 1. The highest BCUT2D eigenvalue weighted by Gasteiger charge is 2.25. The van der Waals surface area contributed by atoms with Crippen molar-refractivity contribution in [2.75, 3.05) is 33.2 Å². The summed E-state index contributed by atoms with van der Waals surface area (Å²) in [6, 6.07) is 11.8. The molecule has 7 nitrogen and oxygen atoms in total. The minimum Gasteiger partial charge on any atom is -0.459 e. The number of amides is 1. The van der Waals surface area contributed by atoms with Crippen LogP contribution in [0.3, 0.4) is 0 Å². The molecule has 162 valence electrons. The molecule has 0 unspecified atom stereocenters. The summed E-state index contributed by atoms with van der Waals surface area (Å²) in [5.74, 6) is 1.18. The van der Waals surface area contributed by atoms with Gasteiger partial charge in [0.25, 0.3) is 5.91 Å². The van der Waals surface area contributed by atoms with Gasteiger partial charge in [-0.1, -0.05) is 24.3 Å². The number of nitrogens with one attached hydrogen (secondary N) is 1. The molecule has 1 saturated heterocycles. The molecule has 0 radical (unpaired) electrons. The van der Waals surface area contributed by atoms with Gasteiger partial charge in [-0.05, 0) is 44.0 Å². The van der Waals surface area contributed by atoms with Crippen LogP contribution in [0.25, 0.3) is 0 Å². The van der Waals surface area contributed by atoms with Crippen molar-refractivity contribution < 1.29 is 13.9 Å². The van der Waals surface area contributed by atoms with Crippen molar-refractivity contribution in [1.29, 1.82) is 0 Å². The third kappa shape index (κ3) is 6.10. The zero-order valence-electron chi connectivity index (χ0n) is 18.4. The van der Waals surface area contributed by atoms with Crippen molar-refractivity contribution in [1.82, 2.24) is 15.1 Å². The van der Waals surface area contributed by atoms with E-state index in [1.807, 2.05) is 4.90 Å². The molecule has 1 aliphatic rings. The van der Waals surface area contributed by atoms with Crippen LogP contribution in [0.15, 0.2) is 52.1 Å². The van der Waals surface area contributed by atoms with Crippen molar-refractivity contribution >= 4 is 11.9 Å². The average Bonchev–Trinajstić information content (AvgIpc) is 3.27. The molecule has 1 aromatic heterocycles. The number of rotatable bonds is 5. The lowest BCUT2D eigenvalue weighted by molar-refractivity contribution is -0.0149. The first-order chi connectivity index (χ1) is 14.4. The number of carbonyl (C=O) groups is 1. The average molecular weight is 413 g/mol. The van der Waals surface area contributed by atoms with E-state index in [4.69, 9.17) is 9.15 Å². The second kappa shape index (κ2) is 9.80. The predicted molar refractivity (Wildman–Crippen MR) is 117 cm³/mol. The van der Waals surface area contributed by atoms with Crippen molar-refractivity contribution in [3.63, 3.8) is 0 Å². The van der Waals surface area contributed by atoms with E-state index in [1.165, 1.54) is 11.8 Å². The molecule has 1 fully saturated rings. The summed E-state index contributed by atoms with van der Waals surface area (Å²) in [5, 5.41) is 3.44. The predicted octanol–water partition coefficient (Wildman–Crippen LogP) is 3.13. The fourth-order valence-electron chi connectivity index (χ4n) is 3.32. The molecule has 1 amide bonds. The third-order valence-corrected chi connectivity index (χ3v) is 4.92. The van der Waals surface area contributed by atoms with Gasteiger partial charge in [0.05, 0.1) is 18.5 Å². The first-order valence-electron chi connectivity index (χ1n) is 10.4. The molecular formula is C23H32N4O3. The lowest BCUT2D eigenvalue weighted by atomic mass is 10.1. The molecule has 2 heterocycles.